The lowest BCUT2D eigenvalue weighted by atomic mass is 9.96. The molecule has 2 aromatic carbocycles. The van der Waals surface area contributed by atoms with Crippen molar-refractivity contribution in [1.82, 2.24) is 15.1 Å². The topological polar surface area (TPSA) is 58.6 Å². The predicted molar refractivity (Wildman–Crippen MR) is 129 cm³/mol. The molecule has 1 aliphatic rings. The summed E-state index contributed by atoms with van der Waals surface area (Å²) in [6, 6.07) is 12.7. The number of amides is 1. The number of hydrogen-bond acceptors (Lipinski definition) is 5. The van der Waals surface area contributed by atoms with Crippen LogP contribution in [0.5, 0.6) is 0 Å². The summed E-state index contributed by atoms with van der Waals surface area (Å²) >= 11 is 0. The number of fused-ring (bicyclic) bond motifs is 1. The van der Waals surface area contributed by atoms with Crippen LogP contribution in [-0.2, 0) is 10.9 Å². The van der Waals surface area contributed by atoms with E-state index in [1.54, 1.807) is 0 Å². The molecular formula is C26H29F3N4O2. The number of piperidine rings is 1. The van der Waals surface area contributed by atoms with Crippen molar-refractivity contribution < 1.29 is 22.7 Å². The number of methoxy groups -OCH3 is 1. The van der Waals surface area contributed by atoms with Gasteiger partial charge in [-0.1, -0.05) is 36.4 Å². The van der Waals surface area contributed by atoms with Crippen LogP contribution >= 0.6 is 0 Å². The first kappa shape index (κ1) is 24.8. The van der Waals surface area contributed by atoms with Gasteiger partial charge < -0.3 is 14.5 Å². The molecule has 0 aliphatic carbocycles. The number of carbonyl (C=O) groups excluding carboxylic acids is 1. The SMILES string of the molecule is COC(=O)N(C1CCN(c2nnc(-c3ccc(C(F)(F)F)cc3)c3ccccc23)CC1)C(C)(C)C. The van der Waals surface area contributed by atoms with Gasteiger partial charge in [-0.15, -0.1) is 10.2 Å². The minimum Gasteiger partial charge on any atom is -0.453 e. The first-order chi connectivity index (χ1) is 16.5. The zero-order valence-corrected chi connectivity index (χ0v) is 20.3. The molecule has 2 heterocycles. The van der Waals surface area contributed by atoms with E-state index in [0.717, 1.165) is 41.6 Å². The Hall–Kier alpha value is -3.36. The molecule has 1 amide bonds. The van der Waals surface area contributed by atoms with Crippen LogP contribution in [-0.4, -0.2) is 53.0 Å². The Labute approximate surface area is 202 Å². The fourth-order valence-corrected chi connectivity index (χ4v) is 4.76. The van der Waals surface area contributed by atoms with Gasteiger partial charge in [0.2, 0.25) is 0 Å². The van der Waals surface area contributed by atoms with Crippen molar-refractivity contribution >= 4 is 22.7 Å². The molecule has 1 saturated heterocycles. The summed E-state index contributed by atoms with van der Waals surface area (Å²) in [5, 5.41) is 10.6. The molecule has 0 unspecified atom stereocenters. The highest BCUT2D eigenvalue weighted by atomic mass is 19.4. The summed E-state index contributed by atoms with van der Waals surface area (Å²) in [5.41, 5.74) is 0.0492. The maximum absolute atomic E-state index is 13.0. The van der Waals surface area contributed by atoms with Gasteiger partial charge in [-0.05, 0) is 45.7 Å². The number of rotatable bonds is 3. The molecule has 1 aliphatic heterocycles. The summed E-state index contributed by atoms with van der Waals surface area (Å²) in [6.07, 6.45) is -3.22. The summed E-state index contributed by atoms with van der Waals surface area (Å²) in [5.74, 6) is 0.732. The van der Waals surface area contributed by atoms with Crippen molar-refractivity contribution in [3.8, 4) is 11.3 Å². The smallest absolute Gasteiger partial charge is 0.416 e. The highest BCUT2D eigenvalue weighted by molar-refractivity contribution is 6.00. The molecule has 1 aromatic heterocycles. The van der Waals surface area contributed by atoms with Gasteiger partial charge >= 0.3 is 12.3 Å². The second kappa shape index (κ2) is 9.36. The molecule has 4 rings (SSSR count). The van der Waals surface area contributed by atoms with Gasteiger partial charge in [0.1, 0.15) is 5.69 Å². The Balaban J connectivity index is 1.61. The lowest BCUT2D eigenvalue weighted by Crippen LogP contribution is -2.55. The molecule has 9 heteroatoms. The van der Waals surface area contributed by atoms with E-state index in [4.69, 9.17) is 4.74 Å². The van der Waals surface area contributed by atoms with Gasteiger partial charge in [0, 0.05) is 41.0 Å². The number of alkyl halides is 3. The monoisotopic (exact) mass is 486 g/mol. The quantitative estimate of drug-likeness (QED) is 0.444. The average molecular weight is 487 g/mol. The molecule has 186 valence electrons. The first-order valence-electron chi connectivity index (χ1n) is 11.6. The van der Waals surface area contributed by atoms with E-state index in [2.05, 4.69) is 15.1 Å². The second-order valence-corrected chi connectivity index (χ2v) is 9.72. The summed E-state index contributed by atoms with van der Waals surface area (Å²) < 4.78 is 44.0. The first-order valence-corrected chi connectivity index (χ1v) is 11.6. The number of benzene rings is 2. The molecule has 0 spiro atoms. The van der Waals surface area contributed by atoms with Crippen LogP contribution in [0.3, 0.4) is 0 Å². The molecule has 0 radical (unpaired) electrons. The average Bonchev–Trinajstić information content (AvgIpc) is 2.82. The fraction of sp³-hybridized carbons (Fsp3) is 0.423. The van der Waals surface area contributed by atoms with Gasteiger partial charge in [-0.25, -0.2) is 4.79 Å². The van der Waals surface area contributed by atoms with E-state index in [0.29, 0.717) is 24.3 Å². The highest BCUT2D eigenvalue weighted by Gasteiger charge is 2.36. The number of nitrogens with zero attached hydrogens (tertiary/aromatic N) is 4. The number of carbonyl (C=O) groups is 1. The van der Waals surface area contributed by atoms with Crippen molar-refractivity contribution in [3.63, 3.8) is 0 Å². The minimum absolute atomic E-state index is 0.0457. The van der Waals surface area contributed by atoms with Crippen LogP contribution in [0.25, 0.3) is 22.0 Å². The largest absolute Gasteiger partial charge is 0.453 e. The third-order valence-corrected chi connectivity index (χ3v) is 6.38. The molecule has 1 fully saturated rings. The van der Waals surface area contributed by atoms with Gasteiger partial charge in [0.05, 0.1) is 12.7 Å². The van der Waals surface area contributed by atoms with Crippen LogP contribution in [0.15, 0.2) is 48.5 Å². The molecule has 0 bridgehead atoms. The van der Waals surface area contributed by atoms with Crippen molar-refractivity contribution in [2.75, 3.05) is 25.1 Å². The maximum atomic E-state index is 13.0. The fourth-order valence-electron chi connectivity index (χ4n) is 4.76. The molecule has 6 nitrogen and oxygen atoms in total. The Morgan fingerprint density at radius 3 is 2.11 bits per heavy atom. The van der Waals surface area contributed by atoms with E-state index >= 15 is 0 Å². The van der Waals surface area contributed by atoms with Crippen LogP contribution < -0.4 is 4.90 Å². The number of ether oxygens (including phenoxy) is 1. The Morgan fingerprint density at radius 2 is 1.57 bits per heavy atom. The van der Waals surface area contributed by atoms with E-state index < -0.39 is 11.7 Å². The lowest BCUT2D eigenvalue weighted by molar-refractivity contribution is -0.137. The highest BCUT2D eigenvalue weighted by Crippen LogP contribution is 2.35. The number of hydrogen-bond donors (Lipinski definition) is 0. The minimum atomic E-state index is -4.39. The molecule has 0 atom stereocenters. The number of aromatic nitrogens is 2. The van der Waals surface area contributed by atoms with Gasteiger partial charge in [0.15, 0.2) is 5.82 Å². The van der Waals surface area contributed by atoms with Gasteiger partial charge in [-0.3, -0.25) is 0 Å². The molecule has 3 aromatic rings. The molecule has 35 heavy (non-hydrogen) atoms. The van der Waals surface area contributed by atoms with Crippen molar-refractivity contribution in [2.24, 2.45) is 0 Å². The lowest BCUT2D eigenvalue weighted by Gasteiger charge is -2.44. The van der Waals surface area contributed by atoms with Gasteiger partial charge in [-0.2, -0.15) is 13.2 Å². The maximum Gasteiger partial charge on any atom is 0.416 e. The van der Waals surface area contributed by atoms with Crippen LogP contribution in [0.2, 0.25) is 0 Å². The Bertz CT molecular complexity index is 1200. The predicted octanol–water partition coefficient (Wildman–Crippen LogP) is 6.15. The van der Waals surface area contributed by atoms with Crippen LogP contribution in [0, 0.1) is 0 Å². The zero-order chi connectivity index (χ0) is 25.4. The molecular weight excluding hydrogens is 457 g/mol. The number of anilines is 1. The van der Waals surface area contributed by atoms with E-state index in [9.17, 15) is 18.0 Å². The Kier molecular flexibility index (Phi) is 6.62. The summed E-state index contributed by atoms with van der Waals surface area (Å²) in [6.45, 7) is 7.36. The van der Waals surface area contributed by atoms with Crippen molar-refractivity contribution in [3.05, 3.63) is 54.1 Å². The van der Waals surface area contributed by atoms with Crippen molar-refractivity contribution in [2.45, 2.75) is 51.4 Å². The second-order valence-electron chi connectivity index (χ2n) is 9.72. The third-order valence-electron chi connectivity index (χ3n) is 6.38. The molecule has 0 saturated carbocycles. The Morgan fingerprint density at radius 1 is 0.971 bits per heavy atom. The summed E-state index contributed by atoms with van der Waals surface area (Å²) in [4.78, 5) is 16.4. The van der Waals surface area contributed by atoms with E-state index in [1.807, 2.05) is 49.9 Å². The van der Waals surface area contributed by atoms with E-state index in [-0.39, 0.29) is 17.7 Å². The van der Waals surface area contributed by atoms with Gasteiger partial charge in [0.25, 0.3) is 0 Å². The number of halogens is 3. The summed E-state index contributed by atoms with van der Waals surface area (Å²) in [7, 11) is 1.40. The van der Waals surface area contributed by atoms with E-state index in [1.165, 1.54) is 19.2 Å². The molecule has 0 N–H and O–H groups in total. The standard InChI is InChI=1S/C26H29F3N4O2/c1-25(2,3)33(24(34)35-4)19-13-15-32(16-14-19)23-21-8-6-5-7-20(21)22(30-31-23)17-9-11-18(12-10-17)26(27,28)29/h5-12,19H,13-16H2,1-4H3. The van der Waals surface area contributed by atoms with Crippen LogP contribution in [0.4, 0.5) is 23.8 Å². The van der Waals surface area contributed by atoms with Crippen LogP contribution in [0.1, 0.15) is 39.2 Å². The normalized spacial score (nSPS) is 15.3. The zero-order valence-electron chi connectivity index (χ0n) is 20.3. The van der Waals surface area contributed by atoms with Crippen molar-refractivity contribution in [1.29, 1.82) is 0 Å². The third kappa shape index (κ3) is 5.04.